The van der Waals surface area contributed by atoms with Crippen LogP contribution < -0.4 is 0 Å². The van der Waals surface area contributed by atoms with Gasteiger partial charge in [0.1, 0.15) is 5.82 Å². The highest BCUT2D eigenvalue weighted by molar-refractivity contribution is 5.50. The van der Waals surface area contributed by atoms with Crippen LogP contribution in [-0.2, 0) is 0 Å². The minimum atomic E-state index is -0.931. The third kappa shape index (κ3) is 6.41. The molecule has 2 atom stereocenters. The van der Waals surface area contributed by atoms with Crippen LogP contribution in [0.4, 0.5) is 13.2 Å². The molecule has 0 N–H and O–H groups in total. The molecule has 1 rings (SSSR count). The van der Waals surface area contributed by atoms with E-state index < -0.39 is 11.7 Å². The minimum absolute atomic E-state index is 0.0577. The van der Waals surface area contributed by atoms with E-state index in [4.69, 9.17) is 0 Å². The molecule has 0 saturated heterocycles. The fraction of sp³-hybridized carbons (Fsp3) is 0.364. The summed E-state index contributed by atoms with van der Waals surface area (Å²) in [6, 6.07) is 5.12. The molecule has 0 bridgehead atoms. The molecule has 25 heavy (non-hydrogen) atoms. The highest BCUT2D eigenvalue weighted by Gasteiger charge is 2.17. The molecule has 0 fully saturated rings. The zero-order valence-electron chi connectivity index (χ0n) is 15.5. The summed E-state index contributed by atoms with van der Waals surface area (Å²) in [5.41, 5.74) is 1.64. The molecule has 136 valence electrons. The van der Waals surface area contributed by atoms with Crippen molar-refractivity contribution in [2.24, 2.45) is 11.8 Å². The molecule has 0 saturated carbocycles. The van der Waals surface area contributed by atoms with Gasteiger partial charge in [0.15, 0.2) is 11.7 Å². The van der Waals surface area contributed by atoms with Crippen molar-refractivity contribution in [3.05, 3.63) is 77.2 Å². The van der Waals surface area contributed by atoms with Crippen LogP contribution in [0.2, 0.25) is 0 Å². The lowest BCUT2D eigenvalue weighted by Gasteiger charge is -2.15. The summed E-state index contributed by atoms with van der Waals surface area (Å²) >= 11 is 0. The number of aryl methyl sites for hydroxylation is 1. The third-order valence-corrected chi connectivity index (χ3v) is 4.26. The Kier molecular flexibility index (Phi) is 7.95. The third-order valence-electron chi connectivity index (χ3n) is 4.26. The first-order chi connectivity index (χ1) is 11.6. The molecule has 0 aliphatic rings. The van der Waals surface area contributed by atoms with Crippen LogP contribution in [0.25, 0.3) is 6.08 Å². The summed E-state index contributed by atoms with van der Waals surface area (Å²) < 4.78 is 41.3. The van der Waals surface area contributed by atoms with Gasteiger partial charge in [-0.1, -0.05) is 51.3 Å². The Morgan fingerprint density at radius 3 is 2.32 bits per heavy atom. The molecule has 0 radical (unpaired) electrons. The molecular formula is C22H27F3. The molecule has 2 unspecified atom stereocenters. The van der Waals surface area contributed by atoms with Crippen molar-refractivity contribution in [3.63, 3.8) is 0 Å². The summed E-state index contributed by atoms with van der Waals surface area (Å²) in [5, 5.41) is 0. The van der Waals surface area contributed by atoms with Crippen molar-refractivity contribution in [2.45, 2.75) is 40.5 Å². The Morgan fingerprint density at radius 1 is 1.12 bits per heavy atom. The van der Waals surface area contributed by atoms with Crippen LogP contribution in [0.1, 0.15) is 44.7 Å². The quantitative estimate of drug-likeness (QED) is 0.427. The second-order valence-corrected chi connectivity index (χ2v) is 6.77. The molecule has 0 amide bonds. The first-order valence-electron chi connectivity index (χ1n) is 8.48. The molecule has 0 aromatic heterocycles. The number of hydrogen-bond donors (Lipinski definition) is 0. The van der Waals surface area contributed by atoms with Gasteiger partial charge >= 0.3 is 0 Å². The van der Waals surface area contributed by atoms with Crippen molar-refractivity contribution in [1.29, 1.82) is 0 Å². The van der Waals surface area contributed by atoms with Gasteiger partial charge in [0, 0.05) is 5.56 Å². The number of allylic oxidation sites excluding steroid dienone is 5. The Morgan fingerprint density at radius 2 is 1.76 bits per heavy atom. The van der Waals surface area contributed by atoms with Crippen LogP contribution >= 0.6 is 0 Å². The van der Waals surface area contributed by atoms with Crippen molar-refractivity contribution in [3.8, 4) is 0 Å². The van der Waals surface area contributed by atoms with E-state index in [1.807, 2.05) is 32.9 Å². The average molecular weight is 348 g/mol. The van der Waals surface area contributed by atoms with Crippen LogP contribution in [0.15, 0.2) is 60.2 Å². The maximum Gasteiger partial charge on any atom is 0.161 e. The van der Waals surface area contributed by atoms with Gasteiger partial charge in [-0.25, -0.2) is 13.2 Å². The molecule has 1 aromatic carbocycles. The second-order valence-electron chi connectivity index (χ2n) is 6.77. The van der Waals surface area contributed by atoms with Crippen LogP contribution in [-0.4, -0.2) is 0 Å². The van der Waals surface area contributed by atoms with Gasteiger partial charge in [-0.3, -0.25) is 0 Å². The Hall–Kier alpha value is -2.03. The van der Waals surface area contributed by atoms with Crippen LogP contribution in [0, 0.1) is 24.6 Å². The van der Waals surface area contributed by atoms with Crippen LogP contribution in [0.3, 0.4) is 0 Å². The van der Waals surface area contributed by atoms with Crippen molar-refractivity contribution in [1.82, 2.24) is 0 Å². The maximum absolute atomic E-state index is 14.0. The van der Waals surface area contributed by atoms with E-state index in [1.165, 1.54) is 13.0 Å². The monoisotopic (exact) mass is 348 g/mol. The standard InChI is InChI=1S/C22H27F3/c1-14(2)21(24)22(25)18(6)17(5)10-7-15(3)8-11-19-12-9-16(4)13-20(19)23/h8-9,11-13,15,17H,1,6-7,10H2,2-5H3/b11-8+,22-21-. The van der Waals surface area contributed by atoms with Gasteiger partial charge in [0.05, 0.1) is 0 Å². The summed E-state index contributed by atoms with van der Waals surface area (Å²) in [6.45, 7) is 14.2. The van der Waals surface area contributed by atoms with Gasteiger partial charge in [-0.15, -0.1) is 0 Å². The molecule has 0 nitrogen and oxygen atoms in total. The van der Waals surface area contributed by atoms with E-state index >= 15 is 0 Å². The predicted molar refractivity (Wildman–Crippen MR) is 101 cm³/mol. The lowest BCUT2D eigenvalue weighted by molar-refractivity contribution is 0.485. The van der Waals surface area contributed by atoms with E-state index in [0.29, 0.717) is 12.0 Å². The van der Waals surface area contributed by atoms with E-state index in [-0.39, 0.29) is 28.8 Å². The fourth-order valence-electron chi connectivity index (χ4n) is 2.36. The second kappa shape index (κ2) is 9.45. The largest absolute Gasteiger partial charge is 0.206 e. The lowest BCUT2D eigenvalue weighted by atomic mass is 9.91. The Labute approximate surface area is 149 Å². The smallest absolute Gasteiger partial charge is 0.161 e. The van der Waals surface area contributed by atoms with Gasteiger partial charge < -0.3 is 0 Å². The lowest BCUT2D eigenvalue weighted by Crippen LogP contribution is -2.03. The van der Waals surface area contributed by atoms with Gasteiger partial charge in [-0.2, -0.15) is 0 Å². The first-order valence-corrected chi connectivity index (χ1v) is 8.48. The van der Waals surface area contributed by atoms with E-state index in [2.05, 4.69) is 13.2 Å². The number of hydrogen-bond acceptors (Lipinski definition) is 0. The molecular weight excluding hydrogens is 321 g/mol. The fourth-order valence-corrected chi connectivity index (χ4v) is 2.36. The highest BCUT2D eigenvalue weighted by Crippen LogP contribution is 2.29. The van der Waals surface area contributed by atoms with Crippen LogP contribution in [0.5, 0.6) is 0 Å². The minimum Gasteiger partial charge on any atom is -0.206 e. The maximum atomic E-state index is 14.0. The van der Waals surface area contributed by atoms with E-state index in [0.717, 1.165) is 12.0 Å². The van der Waals surface area contributed by atoms with Gasteiger partial charge in [0.2, 0.25) is 0 Å². The number of rotatable bonds is 8. The molecule has 0 aliphatic carbocycles. The summed E-state index contributed by atoms with van der Waals surface area (Å²) in [6.07, 6.45) is 5.13. The van der Waals surface area contributed by atoms with Crippen molar-refractivity contribution >= 4 is 6.08 Å². The Bertz CT molecular complexity index is 695. The number of halogens is 3. The zero-order chi connectivity index (χ0) is 19.1. The topological polar surface area (TPSA) is 0 Å². The SMILES string of the molecule is C=C(C)/C(F)=C(/F)C(=C)C(C)CCC(C)/C=C/c1ccc(C)cc1F. The van der Waals surface area contributed by atoms with Gasteiger partial charge in [-0.05, 0) is 61.3 Å². The summed E-state index contributed by atoms with van der Waals surface area (Å²) in [5.74, 6) is -2.08. The Balaban J connectivity index is 2.62. The normalized spacial score (nSPS) is 15.0. The summed E-state index contributed by atoms with van der Waals surface area (Å²) in [7, 11) is 0. The zero-order valence-corrected chi connectivity index (χ0v) is 15.5. The first kappa shape index (κ1) is 21.0. The van der Waals surface area contributed by atoms with Crippen molar-refractivity contribution < 1.29 is 13.2 Å². The van der Waals surface area contributed by atoms with E-state index in [9.17, 15) is 13.2 Å². The molecule has 0 spiro atoms. The highest BCUT2D eigenvalue weighted by atomic mass is 19.2. The molecule has 0 aliphatic heterocycles. The molecule has 1 aromatic rings. The molecule has 3 heteroatoms. The average Bonchev–Trinajstić information content (AvgIpc) is 2.56. The molecule has 0 heterocycles. The number of benzene rings is 1. The van der Waals surface area contributed by atoms with Gasteiger partial charge in [0.25, 0.3) is 0 Å². The predicted octanol–water partition coefficient (Wildman–Crippen LogP) is 7.48. The van der Waals surface area contributed by atoms with E-state index in [1.54, 1.807) is 12.1 Å². The summed E-state index contributed by atoms with van der Waals surface area (Å²) in [4.78, 5) is 0. The van der Waals surface area contributed by atoms with Crippen molar-refractivity contribution in [2.75, 3.05) is 0 Å².